The van der Waals surface area contributed by atoms with Gasteiger partial charge in [0.15, 0.2) is 11.6 Å². The SMILES string of the molecule is CC(C)c1cc2cc(Cl)cc(Cc3ccc(-c4nc5cc(CN(C)C)ccc5[nH]4)o3)c2o1. The van der Waals surface area contributed by atoms with Gasteiger partial charge in [-0.25, -0.2) is 4.98 Å². The van der Waals surface area contributed by atoms with Crippen molar-refractivity contribution < 1.29 is 8.83 Å². The Kier molecular flexibility index (Phi) is 5.31. The number of halogens is 1. The molecule has 5 aromatic rings. The second-order valence-corrected chi connectivity index (χ2v) is 9.34. The van der Waals surface area contributed by atoms with Gasteiger partial charge in [-0.1, -0.05) is 31.5 Å². The van der Waals surface area contributed by atoms with Crippen molar-refractivity contribution in [2.45, 2.75) is 32.7 Å². The normalized spacial score (nSPS) is 12.1. The summed E-state index contributed by atoms with van der Waals surface area (Å²) in [6.07, 6.45) is 0.593. The Morgan fingerprint density at radius 2 is 1.88 bits per heavy atom. The molecule has 0 atom stereocenters. The number of furan rings is 2. The van der Waals surface area contributed by atoms with Crippen LogP contribution in [0.5, 0.6) is 0 Å². The van der Waals surface area contributed by atoms with Crippen LogP contribution in [0.4, 0.5) is 0 Å². The Morgan fingerprint density at radius 3 is 2.66 bits per heavy atom. The number of aromatic amines is 1. The minimum absolute atomic E-state index is 0.315. The van der Waals surface area contributed by atoms with Gasteiger partial charge in [0.05, 0.1) is 11.0 Å². The van der Waals surface area contributed by atoms with Gasteiger partial charge < -0.3 is 18.7 Å². The highest BCUT2D eigenvalue weighted by atomic mass is 35.5. The molecule has 0 radical (unpaired) electrons. The average Bonchev–Trinajstić information content (AvgIpc) is 3.44. The van der Waals surface area contributed by atoms with Crippen LogP contribution >= 0.6 is 11.6 Å². The third-order valence-electron chi connectivity index (χ3n) is 5.55. The number of fused-ring (bicyclic) bond motifs is 2. The van der Waals surface area contributed by atoms with Crippen molar-refractivity contribution in [2.24, 2.45) is 0 Å². The first kappa shape index (κ1) is 20.9. The molecular formula is C26H26ClN3O2. The number of hydrogen-bond acceptors (Lipinski definition) is 4. The van der Waals surface area contributed by atoms with Crippen LogP contribution in [0, 0.1) is 0 Å². The number of H-pyrrole nitrogens is 1. The number of aromatic nitrogens is 2. The molecule has 0 fully saturated rings. The third-order valence-corrected chi connectivity index (χ3v) is 5.77. The standard InChI is InChI=1S/C26H26ClN3O2/c1-15(2)24-13-18-11-19(27)10-17(25(18)32-24)12-20-6-8-23(31-20)26-28-21-7-5-16(14-30(3)4)9-22(21)29-26/h5-11,13,15H,12,14H2,1-4H3,(H,28,29). The molecule has 0 unspecified atom stereocenters. The molecule has 3 heterocycles. The molecule has 0 aliphatic heterocycles. The molecule has 0 spiro atoms. The Morgan fingerprint density at radius 1 is 1.03 bits per heavy atom. The molecule has 0 saturated carbocycles. The number of rotatable bonds is 6. The number of imidazole rings is 1. The highest BCUT2D eigenvalue weighted by molar-refractivity contribution is 6.31. The van der Waals surface area contributed by atoms with Gasteiger partial charge in [0.1, 0.15) is 17.1 Å². The molecule has 3 aromatic heterocycles. The minimum atomic E-state index is 0.315. The number of hydrogen-bond donors (Lipinski definition) is 1. The molecule has 5 nitrogen and oxygen atoms in total. The topological polar surface area (TPSA) is 58.2 Å². The van der Waals surface area contributed by atoms with E-state index in [2.05, 4.69) is 62.1 Å². The second-order valence-electron chi connectivity index (χ2n) is 8.90. The van der Waals surface area contributed by atoms with E-state index in [1.54, 1.807) is 0 Å². The highest BCUT2D eigenvalue weighted by Gasteiger charge is 2.15. The average molecular weight is 448 g/mol. The molecule has 2 aromatic carbocycles. The summed E-state index contributed by atoms with van der Waals surface area (Å²) in [7, 11) is 4.12. The van der Waals surface area contributed by atoms with E-state index in [4.69, 9.17) is 25.4 Å². The van der Waals surface area contributed by atoms with Crippen LogP contribution < -0.4 is 0 Å². The van der Waals surface area contributed by atoms with Gasteiger partial charge in [-0.3, -0.25) is 0 Å². The maximum atomic E-state index is 6.38. The first-order valence-electron chi connectivity index (χ1n) is 10.8. The van der Waals surface area contributed by atoms with E-state index in [-0.39, 0.29) is 0 Å². The van der Waals surface area contributed by atoms with E-state index in [0.717, 1.165) is 51.5 Å². The van der Waals surface area contributed by atoms with E-state index < -0.39 is 0 Å². The van der Waals surface area contributed by atoms with E-state index >= 15 is 0 Å². The highest BCUT2D eigenvalue weighted by Crippen LogP contribution is 2.32. The van der Waals surface area contributed by atoms with Gasteiger partial charge in [-0.15, -0.1) is 0 Å². The van der Waals surface area contributed by atoms with Gasteiger partial charge in [0.25, 0.3) is 0 Å². The molecule has 0 amide bonds. The largest absolute Gasteiger partial charge is 0.461 e. The van der Waals surface area contributed by atoms with Crippen molar-refractivity contribution >= 4 is 33.6 Å². The van der Waals surface area contributed by atoms with Crippen molar-refractivity contribution in [3.8, 4) is 11.6 Å². The van der Waals surface area contributed by atoms with E-state index in [1.807, 2.05) is 24.3 Å². The molecular weight excluding hydrogens is 422 g/mol. The lowest BCUT2D eigenvalue weighted by Gasteiger charge is -2.08. The molecule has 0 saturated heterocycles. The van der Waals surface area contributed by atoms with Crippen LogP contribution in [0.25, 0.3) is 33.6 Å². The fourth-order valence-electron chi connectivity index (χ4n) is 4.04. The van der Waals surface area contributed by atoms with Crippen LogP contribution in [0.2, 0.25) is 5.02 Å². The summed E-state index contributed by atoms with van der Waals surface area (Å²) in [6.45, 7) is 5.12. The fourth-order valence-corrected chi connectivity index (χ4v) is 4.29. The van der Waals surface area contributed by atoms with Crippen LogP contribution in [-0.4, -0.2) is 29.0 Å². The van der Waals surface area contributed by atoms with Gasteiger partial charge in [-0.2, -0.15) is 0 Å². The summed E-state index contributed by atoms with van der Waals surface area (Å²) >= 11 is 6.38. The Labute approximate surface area is 192 Å². The fraction of sp³-hybridized carbons (Fsp3) is 0.269. The van der Waals surface area contributed by atoms with Gasteiger partial charge >= 0.3 is 0 Å². The van der Waals surface area contributed by atoms with Gasteiger partial charge in [-0.05, 0) is 62.1 Å². The molecule has 0 bridgehead atoms. The number of nitrogens with zero attached hydrogens (tertiary/aromatic N) is 2. The summed E-state index contributed by atoms with van der Waals surface area (Å²) in [5.74, 6) is 3.55. The van der Waals surface area contributed by atoms with E-state index in [1.165, 1.54) is 5.56 Å². The quantitative estimate of drug-likeness (QED) is 0.304. The summed E-state index contributed by atoms with van der Waals surface area (Å²) in [4.78, 5) is 10.3. The smallest absolute Gasteiger partial charge is 0.174 e. The third kappa shape index (κ3) is 4.06. The second kappa shape index (κ2) is 8.15. The molecule has 5 rings (SSSR count). The number of nitrogens with one attached hydrogen (secondary N) is 1. The summed E-state index contributed by atoms with van der Waals surface area (Å²) in [5.41, 5.74) is 5.04. The zero-order valence-electron chi connectivity index (χ0n) is 18.7. The molecule has 1 N–H and O–H groups in total. The first-order chi connectivity index (χ1) is 15.4. The van der Waals surface area contributed by atoms with Crippen LogP contribution in [0.1, 0.15) is 42.4 Å². The molecule has 0 aliphatic rings. The maximum absolute atomic E-state index is 6.38. The lowest BCUT2D eigenvalue weighted by molar-refractivity contribution is 0.402. The van der Waals surface area contributed by atoms with Crippen molar-refractivity contribution in [1.82, 2.24) is 14.9 Å². The summed E-state index contributed by atoms with van der Waals surface area (Å²) < 4.78 is 12.3. The van der Waals surface area contributed by atoms with E-state index in [0.29, 0.717) is 23.1 Å². The van der Waals surface area contributed by atoms with Crippen LogP contribution in [-0.2, 0) is 13.0 Å². The van der Waals surface area contributed by atoms with E-state index in [9.17, 15) is 0 Å². The predicted octanol–water partition coefficient (Wildman–Crippen LogP) is 7.00. The lowest BCUT2D eigenvalue weighted by Crippen LogP contribution is -2.10. The lowest BCUT2D eigenvalue weighted by atomic mass is 10.1. The predicted molar refractivity (Wildman–Crippen MR) is 129 cm³/mol. The Balaban J connectivity index is 1.44. The van der Waals surface area contributed by atoms with Gasteiger partial charge in [0, 0.05) is 34.9 Å². The van der Waals surface area contributed by atoms with Crippen molar-refractivity contribution in [3.05, 3.63) is 76.2 Å². The monoisotopic (exact) mass is 447 g/mol. The number of benzene rings is 2. The van der Waals surface area contributed by atoms with Crippen molar-refractivity contribution in [3.63, 3.8) is 0 Å². The molecule has 164 valence electrons. The van der Waals surface area contributed by atoms with Crippen molar-refractivity contribution in [1.29, 1.82) is 0 Å². The van der Waals surface area contributed by atoms with Crippen molar-refractivity contribution in [2.75, 3.05) is 14.1 Å². The molecule has 6 heteroatoms. The molecule has 0 aliphatic carbocycles. The molecule has 32 heavy (non-hydrogen) atoms. The van der Waals surface area contributed by atoms with Gasteiger partial charge in [0.2, 0.25) is 0 Å². The Bertz CT molecular complexity index is 1410. The minimum Gasteiger partial charge on any atom is -0.461 e. The Hall–Kier alpha value is -3.02. The zero-order valence-corrected chi connectivity index (χ0v) is 19.5. The maximum Gasteiger partial charge on any atom is 0.174 e. The van der Waals surface area contributed by atoms with Crippen LogP contribution in [0.3, 0.4) is 0 Å². The summed E-state index contributed by atoms with van der Waals surface area (Å²) in [5, 5.41) is 1.72. The first-order valence-corrected chi connectivity index (χ1v) is 11.2. The summed E-state index contributed by atoms with van der Waals surface area (Å²) in [6, 6.07) is 16.2. The zero-order chi connectivity index (χ0) is 22.4. The van der Waals surface area contributed by atoms with Crippen LogP contribution in [0.15, 0.2) is 57.4 Å².